The van der Waals surface area contributed by atoms with Gasteiger partial charge in [-0.2, -0.15) is 0 Å². The van der Waals surface area contributed by atoms with Crippen molar-refractivity contribution < 1.29 is 8.83 Å². The summed E-state index contributed by atoms with van der Waals surface area (Å²) in [6, 6.07) is 76.4. The molecule has 0 radical (unpaired) electrons. The number of aromatic nitrogens is 2. The molecule has 0 fully saturated rings. The SMILES string of the molecule is c1ccc2c(c1)oc1c(-n3c4cccc5c4-c4c(cccc4p(-c4cccc6c4sc4ccccc46)n5-c4cccc5c4oc4ccccc45)p3-c3cccc4c3sc3ccccc34)cccc12. The standard InChI is InChI=1S/C60H34N2O2P2S2/c1-5-27-47-35(15-1)39-19-9-25-45(57(39)63-47)61-43-23-13-24-44-55(43)56-49(65(61)51-31-11-21-41-37-17-3-7-33-53(37)67-59(41)51)29-14-30-50(56)66(52-32-12-22-42-38-18-4-8-34-54(38)68-60(42)52)62(44)46-26-10-20-40-36-16-2-6-28-48(36)64-58(40)46/h1-34H. The molecule has 0 bridgehead atoms. The third kappa shape index (κ3) is 5.00. The average molecular weight is 941 g/mol. The Kier molecular flexibility index (Phi) is 7.72. The van der Waals surface area contributed by atoms with Gasteiger partial charge in [-0.1, -0.05) is 133 Å². The van der Waals surface area contributed by atoms with Gasteiger partial charge in [-0.15, -0.1) is 22.7 Å². The molecule has 318 valence electrons. The highest BCUT2D eigenvalue weighted by molar-refractivity contribution is 7.63. The molecule has 2 unspecified atom stereocenters. The van der Waals surface area contributed by atoms with Gasteiger partial charge in [0, 0.05) is 93.9 Å². The molecule has 2 aliphatic heterocycles. The number of hydrogen-bond donors (Lipinski definition) is 0. The minimum absolute atomic E-state index is 0.895. The van der Waals surface area contributed by atoms with Crippen molar-refractivity contribution in [2.24, 2.45) is 0 Å². The van der Waals surface area contributed by atoms with Crippen LogP contribution in [0.4, 0.5) is 0 Å². The molecule has 4 aromatic heterocycles. The van der Waals surface area contributed by atoms with Gasteiger partial charge in [0.2, 0.25) is 0 Å². The summed E-state index contributed by atoms with van der Waals surface area (Å²) in [5.74, 6) is 0. The highest BCUT2D eigenvalue weighted by Gasteiger charge is 2.31. The van der Waals surface area contributed by atoms with Gasteiger partial charge >= 0.3 is 0 Å². The predicted molar refractivity (Wildman–Crippen MR) is 294 cm³/mol. The molecule has 0 amide bonds. The smallest absolute Gasteiger partial charge is 0.159 e. The maximum Gasteiger partial charge on any atom is 0.159 e. The fourth-order valence-electron chi connectivity index (χ4n) is 11.3. The van der Waals surface area contributed by atoms with Crippen molar-refractivity contribution in [3.63, 3.8) is 0 Å². The summed E-state index contributed by atoms with van der Waals surface area (Å²) < 4.78 is 24.6. The number of furan rings is 2. The van der Waals surface area contributed by atoms with Gasteiger partial charge in [-0.3, -0.25) is 8.66 Å². The van der Waals surface area contributed by atoms with Crippen LogP contribution in [0.25, 0.3) is 139 Å². The second-order valence-corrected chi connectivity index (χ2v) is 23.7. The van der Waals surface area contributed by atoms with Crippen LogP contribution in [-0.4, -0.2) is 8.66 Å². The zero-order valence-corrected chi connectivity index (χ0v) is 39.5. The first-order valence-corrected chi connectivity index (χ1v) is 27.1. The van der Waals surface area contributed by atoms with Crippen molar-refractivity contribution in [2.45, 2.75) is 0 Å². The Morgan fingerprint density at radius 3 is 1.24 bits per heavy atom. The first-order chi connectivity index (χ1) is 33.8. The number of rotatable bonds is 4. The van der Waals surface area contributed by atoms with Gasteiger partial charge in [-0.05, 0) is 88.2 Å². The van der Waals surface area contributed by atoms with E-state index in [0.29, 0.717) is 0 Å². The third-order valence-electron chi connectivity index (χ3n) is 14.1. The molecule has 14 aromatic rings. The summed E-state index contributed by atoms with van der Waals surface area (Å²) in [7, 11) is -2.47. The van der Waals surface area contributed by atoms with E-state index in [1.807, 2.05) is 22.7 Å². The van der Waals surface area contributed by atoms with E-state index >= 15 is 0 Å². The predicted octanol–water partition coefficient (Wildman–Crippen LogP) is 19.7. The molecule has 0 aliphatic carbocycles. The van der Waals surface area contributed by atoms with Crippen molar-refractivity contribution in [3.05, 3.63) is 206 Å². The molecule has 0 saturated heterocycles. The topological polar surface area (TPSA) is 36.1 Å². The lowest BCUT2D eigenvalue weighted by atomic mass is 10.0. The molecule has 2 atom stereocenters. The molecular weight excluding hydrogens is 907 g/mol. The van der Waals surface area contributed by atoms with Crippen LogP contribution in [0.5, 0.6) is 0 Å². The van der Waals surface area contributed by atoms with Crippen LogP contribution in [0.1, 0.15) is 0 Å². The van der Waals surface area contributed by atoms with E-state index in [2.05, 4.69) is 215 Å². The van der Waals surface area contributed by atoms with Gasteiger partial charge in [-0.25, -0.2) is 0 Å². The van der Waals surface area contributed by atoms with Crippen LogP contribution >= 0.6 is 38.1 Å². The Morgan fingerprint density at radius 2 is 0.721 bits per heavy atom. The van der Waals surface area contributed by atoms with Gasteiger partial charge in [0.25, 0.3) is 0 Å². The molecule has 10 aromatic carbocycles. The van der Waals surface area contributed by atoms with E-state index in [1.165, 1.54) is 83.4 Å². The fourth-order valence-corrected chi connectivity index (χ4v) is 19.7. The van der Waals surface area contributed by atoms with Crippen molar-refractivity contribution >= 4 is 144 Å². The lowest BCUT2D eigenvalue weighted by molar-refractivity contribution is 0.666. The Bertz CT molecular complexity index is 4180. The Labute approximate surface area is 398 Å². The summed E-state index contributed by atoms with van der Waals surface area (Å²) in [4.78, 5) is 0. The normalized spacial score (nSPS) is 12.9. The Morgan fingerprint density at radius 1 is 0.324 bits per heavy atom. The number of para-hydroxylation sites is 4. The number of hydrogen-bond acceptors (Lipinski definition) is 4. The van der Waals surface area contributed by atoms with Crippen LogP contribution < -0.4 is 0 Å². The molecule has 0 saturated carbocycles. The lowest BCUT2D eigenvalue weighted by Crippen LogP contribution is -2.06. The van der Waals surface area contributed by atoms with Crippen LogP contribution in [-0.2, 0) is 0 Å². The van der Waals surface area contributed by atoms with Crippen LogP contribution in [0.15, 0.2) is 215 Å². The van der Waals surface area contributed by atoms with Crippen LogP contribution in [0, 0.1) is 0 Å². The summed E-state index contributed by atoms with van der Waals surface area (Å²) in [5.41, 5.74) is 10.7. The number of thiophene rings is 2. The molecule has 0 N–H and O–H groups in total. The fraction of sp³-hybridized carbons (Fsp3) is 0. The Balaban J connectivity index is 1.16. The first-order valence-electron chi connectivity index (χ1n) is 22.8. The minimum Gasteiger partial charge on any atom is -0.454 e. The van der Waals surface area contributed by atoms with E-state index in [9.17, 15) is 0 Å². The third-order valence-corrected chi connectivity index (χ3v) is 21.8. The zero-order valence-electron chi connectivity index (χ0n) is 36.1. The summed E-state index contributed by atoms with van der Waals surface area (Å²) in [6.45, 7) is 0. The summed E-state index contributed by atoms with van der Waals surface area (Å²) in [6.07, 6.45) is 0. The molecule has 6 heterocycles. The molecule has 68 heavy (non-hydrogen) atoms. The van der Waals surface area contributed by atoms with Crippen molar-refractivity contribution in [3.8, 4) is 33.1 Å². The van der Waals surface area contributed by atoms with Crippen molar-refractivity contribution in [1.29, 1.82) is 0 Å². The highest BCUT2D eigenvalue weighted by atomic mass is 32.1. The molecule has 2 aliphatic rings. The number of fused-ring (bicyclic) bond motifs is 12. The van der Waals surface area contributed by atoms with E-state index in [-0.39, 0.29) is 0 Å². The first kappa shape index (κ1) is 37.5. The lowest BCUT2D eigenvalue weighted by Gasteiger charge is -2.30. The molecule has 8 heteroatoms. The van der Waals surface area contributed by atoms with Gasteiger partial charge < -0.3 is 8.83 Å². The molecular formula is C60H34N2O2P2S2. The van der Waals surface area contributed by atoms with Crippen LogP contribution in [0.2, 0.25) is 0 Å². The van der Waals surface area contributed by atoms with E-state index in [1.54, 1.807) is 0 Å². The number of nitrogens with zero attached hydrogens (tertiary/aromatic N) is 2. The van der Waals surface area contributed by atoms with E-state index < -0.39 is 15.4 Å². The average Bonchev–Trinajstić information content (AvgIpc) is 4.18. The van der Waals surface area contributed by atoms with E-state index in [4.69, 9.17) is 8.83 Å². The maximum atomic E-state index is 6.99. The summed E-state index contributed by atoms with van der Waals surface area (Å²) in [5, 5.41) is 15.1. The maximum absolute atomic E-state index is 6.99. The molecule has 16 rings (SSSR count). The van der Waals surface area contributed by atoms with Gasteiger partial charge in [0.05, 0.1) is 22.4 Å². The number of benzene rings is 10. The minimum atomic E-state index is -1.23. The largest absolute Gasteiger partial charge is 0.454 e. The molecule has 4 nitrogen and oxygen atoms in total. The van der Waals surface area contributed by atoms with Crippen molar-refractivity contribution in [1.82, 2.24) is 8.66 Å². The quantitative estimate of drug-likeness (QED) is 0.165. The monoisotopic (exact) mass is 940 g/mol. The summed E-state index contributed by atoms with van der Waals surface area (Å²) >= 11 is 3.84. The second-order valence-electron chi connectivity index (χ2n) is 17.6. The zero-order chi connectivity index (χ0) is 44.2. The van der Waals surface area contributed by atoms with Gasteiger partial charge in [0.15, 0.2) is 11.2 Å². The molecule has 0 spiro atoms. The Hall–Kier alpha value is -7.56. The highest BCUT2D eigenvalue weighted by Crippen LogP contribution is 2.64. The van der Waals surface area contributed by atoms with Crippen molar-refractivity contribution in [2.75, 3.05) is 0 Å². The van der Waals surface area contributed by atoms with Crippen LogP contribution in [0.3, 0.4) is 0 Å². The van der Waals surface area contributed by atoms with Gasteiger partial charge in [0.1, 0.15) is 11.2 Å². The van der Waals surface area contributed by atoms with E-state index in [0.717, 1.165) is 55.3 Å². The second kappa shape index (κ2) is 14.0.